The number of pyridine rings is 1. The van der Waals surface area contributed by atoms with Gasteiger partial charge < -0.3 is 0 Å². The lowest BCUT2D eigenvalue weighted by Gasteiger charge is -2.21. The largest absolute Gasteiger partial charge is 0.271 e. The van der Waals surface area contributed by atoms with Crippen LogP contribution in [-0.2, 0) is 0 Å². The van der Waals surface area contributed by atoms with Crippen LogP contribution in [0.15, 0.2) is 24.3 Å². The molecule has 106 valence electrons. The topological polar surface area (TPSA) is 50.9 Å². The van der Waals surface area contributed by atoms with Crippen molar-refractivity contribution in [2.45, 2.75) is 33.7 Å². The summed E-state index contributed by atoms with van der Waals surface area (Å²) < 4.78 is 14.3. The third kappa shape index (κ3) is 2.86. The van der Waals surface area contributed by atoms with Gasteiger partial charge in [0.15, 0.2) is 0 Å². The number of hydrogen-bond donors (Lipinski definition) is 2. The van der Waals surface area contributed by atoms with Crippen molar-refractivity contribution in [3.8, 4) is 0 Å². The quantitative estimate of drug-likeness (QED) is 0.667. The van der Waals surface area contributed by atoms with E-state index in [0.717, 1.165) is 28.1 Å². The molecule has 0 aliphatic carbocycles. The molecule has 1 unspecified atom stereocenters. The number of benzene rings is 1. The zero-order valence-corrected chi connectivity index (χ0v) is 12.3. The van der Waals surface area contributed by atoms with Crippen molar-refractivity contribution in [2.24, 2.45) is 5.84 Å². The molecule has 0 radical (unpaired) electrons. The van der Waals surface area contributed by atoms with Crippen molar-refractivity contribution in [2.75, 3.05) is 0 Å². The van der Waals surface area contributed by atoms with Crippen molar-refractivity contribution in [1.82, 2.24) is 10.4 Å². The summed E-state index contributed by atoms with van der Waals surface area (Å²) in [4.78, 5) is 4.34. The Morgan fingerprint density at radius 1 is 1.05 bits per heavy atom. The van der Waals surface area contributed by atoms with E-state index in [1.807, 2.05) is 45.9 Å². The van der Waals surface area contributed by atoms with E-state index in [1.165, 1.54) is 6.07 Å². The first-order valence-corrected chi connectivity index (χ1v) is 6.60. The van der Waals surface area contributed by atoms with Crippen LogP contribution in [0.1, 0.15) is 39.7 Å². The maximum absolute atomic E-state index is 14.3. The predicted octanol–water partition coefficient (Wildman–Crippen LogP) is 3.01. The maximum atomic E-state index is 14.3. The smallest absolute Gasteiger partial charge is 0.128 e. The summed E-state index contributed by atoms with van der Waals surface area (Å²) >= 11 is 0. The summed E-state index contributed by atoms with van der Waals surface area (Å²) in [6, 6.07) is 6.97. The molecule has 0 fully saturated rings. The van der Waals surface area contributed by atoms with Gasteiger partial charge in [0, 0.05) is 17.0 Å². The zero-order chi connectivity index (χ0) is 14.9. The molecule has 0 aliphatic rings. The molecule has 0 saturated heterocycles. The molecule has 4 heteroatoms. The molecule has 3 nitrogen and oxygen atoms in total. The van der Waals surface area contributed by atoms with E-state index in [1.54, 1.807) is 0 Å². The van der Waals surface area contributed by atoms with E-state index in [0.29, 0.717) is 5.56 Å². The molecule has 0 spiro atoms. The molecular weight excluding hydrogens is 253 g/mol. The van der Waals surface area contributed by atoms with Crippen molar-refractivity contribution in [3.05, 3.63) is 63.7 Å². The lowest BCUT2D eigenvalue weighted by Crippen LogP contribution is -2.30. The van der Waals surface area contributed by atoms with Crippen LogP contribution in [0.25, 0.3) is 0 Å². The molecule has 1 atom stereocenters. The highest BCUT2D eigenvalue weighted by atomic mass is 19.1. The Labute approximate surface area is 119 Å². The Bertz CT molecular complexity index is 594. The van der Waals surface area contributed by atoms with Crippen LogP contribution in [0.2, 0.25) is 0 Å². The minimum Gasteiger partial charge on any atom is -0.271 e. The molecule has 2 rings (SSSR count). The average molecular weight is 273 g/mol. The Kier molecular flexibility index (Phi) is 4.16. The highest BCUT2D eigenvalue weighted by Gasteiger charge is 2.20. The van der Waals surface area contributed by atoms with Gasteiger partial charge in [-0.05, 0) is 62.6 Å². The van der Waals surface area contributed by atoms with Gasteiger partial charge in [-0.25, -0.2) is 9.82 Å². The average Bonchev–Trinajstić information content (AvgIpc) is 2.32. The summed E-state index contributed by atoms with van der Waals surface area (Å²) in [6.45, 7) is 7.62. The van der Waals surface area contributed by atoms with Gasteiger partial charge in [0.2, 0.25) is 0 Å². The normalized spacial score (nSPS) is 12.5. The first-order chi connectivity index (χ1) is 9.42. The molecule has 0 saturated carbocycles. The van der Waals surface area contributed by atoms with Crippen molar-refractivity contribution in [3.63, 3.8) is 0 Å². The Morgan fingerprint density at radius 3 is 2.15 bits per heavy atom. The Morgan fingerprint density at radius 2 is 1.65 bits per heavy atom. The number of hydrazine groups is 1. The van der Waals surface area contributed by atoms with Crippen LogP contribution in [-0.4, -0.2) is 4.98 Å². The number of aryl methyl sites for hydroxylation is 4. The van der Waals surface area contributed by atoms with Crippen LogP contribution in [0.5, 0.6) is 0 Å². The van der Waals surface area contributed by atoms with Gasteiger partial charge in [0.05, 0.1) is 6.04 Å². The van der Waals surface area contributed by atoms with Gasteiger partial charge in [-0.15, -0.1) is 0 Å². The highest BCUT2D eigenvalue weighted by Crippen LogP contribution is 2.28. The fourth-order valence-corrected chi connectivity index (χ4v) is 2.67. The van der Waals surface area contributed by atoms with E-state index in [-0.39, 0.29) is 11.9 Å². The van der Waals surface area contributed by atoms with Gasteiger partial charge in [0.25, 0.3) is 0 Å². The highest BCUT2D eigenvalue weighted by molar-refractivity contribution is 5.40. The van der Waals surface area contributed by atoms with Crippen molar-refractivity contribution >= 4 is 0 Å². The molecule has 0 bridgehead atoms. The molecule has 0 amide bonds. The minimum atomic E-state index is -0.379. The molecule has 2 aromatic rings. The summed E-state index contributed by atoms with van der Waals surface area (Å²) in [5, 5.41) is 0. The minimum absolute atomic E-state index is 0.238. The van der Waals surface area contributed by atoms with Gasteiger partial charge in [0.1, 0.15) is 5.82 Å². The lowest BCUT2D eigenvalue weighted by atomic mass is 9.93. The zero-order valence-electron chi connectivity index (χ0n) is 12.3. The van der Waals surface area contributed by atoms with Crippen LogP contribution in [0.4, 0.5) is 4.39 Å². The number of aromatic nitrogens is 1. The second-order valence-electron chi connectivity index (χ2n) is 5.26. The number of nitrogens with zero attached hydrogens (tertiary/aromatic N) is 1. The molecule has 1 heterocycles. The summed E-state index contributed by atoms with van der Waals surface area (Å²) in [5.41, 5.74) is 7.81. The second kappa shape index (κ2) is 5.69. The molecule has 1 aromatic heterocycles. The van der Waals surface area contributed by atoms with Crippen LogP contribution in [0, 0.1) is 33.5 Å². The Hall–Kier alpha value is -1.78. The molecule has 0 aliphatic heterocycles. The number of rotatable bonds is 3. The standard InChI is InChI=1S/C16H20FN3/c1-9-5-10(2)15(14(17)6-9)16(20-18)13-7-11(3)19-12(4)8-13/h5-8,16,20H,18H2,1-4H3. The van der Waals surface area contributed by atoms with Gasteiger partial charge >= 0.3 is 0 Å². The summed E-state index contributed by atoms with van der Waals surface area (Å²) in [7, 11) is 0. The van der Waals surface area contributed by atoms with E-state index in [9.17, 15) is 4.39 Å². The third-order valence-electron chi connectivity index (χ3n) is 3.37. The molecular formula is C16H20FN3. The first kappa shape index (κ1) is 14.6. The fourth-order valence-electron chi connectivity index (χ4n) is 2.67. The van der Waals surface area contributed by atoms with E-state index in [2.05, 4.69) is 10.4 Å². The van der Waals surface area contributed by atoms with Crippen LogP contribution >= 0.6 is 0 Å². The van der Waals surface area contributed by atoms with Crippen molar-refractivity contribution in [1.29, 1.82) is 0 Å². The van der Waals surface area contributed by atoms with Crippen molar-refractivity contribution < 1.29 is 4.39 Å². The number of halogens is 1. The van der Waals surface area contributed by atoms with Gasteiger partial charge in [-0.3, -0.25) is 10.8 Å². The molecule has 3 N–H and O–H groups in total. The number of nitrogens with two attached hydrogens (primary N) is 1. The van der Waals surface area contributed by atoms with Gasteiger partial charge in [-0.2, -0.15) is 0 Å². The second-order valence-corrected chi connectivity index (χ2v) is 5.26. The monoisotopic (exact) mass is 273 g/mol. The SMILES string of the molecule is Cc1cc(C)c(C(NN)c2cc(C)nc(C)c2)c(F)c1. The predicted molar refractivity (Wildman–Crippen MR) is 78.8 cm³/mol. The van der Waals surface area contributed by atoms with E-state index < -0.39 is 0 Å². The Balaban J connectivity index is 2.58. The first-order valence-electron chi connectivity index (χ1n) is 6.60. The maximum Gasteiger partial charge on any atom is 0.128 e. The fraction of sp³-hybridized carbons (Fsp3) is 0.312. The number of hydrogen-bond acceptors (Lipinski definition) is 3. The molecule has 20 heavy (non-hydrogen) atoms. The van der Waals surface area contributed by atoms with E-state index in [4.69, 9.17) is 5.84 Å². The van der Waals surface area contributed by atoms with E-state index >= 15 is 0 Å². The lowest BCUT2D eigenvalue weighted by molar-refractivity contribution is 0.555. The van der Waals surface area contributed by atoms with Gasteiger partial charge in [-0.1, -0.05) is 6.07 Å². The summed E-state index contributed by atoms with van der Waals surface area (Å²) in [5.74, 6) is 5.44. The summed E-state index contributed by atoms with van der Waals surface area (Å²) in [6.07, 6.45) is 0. The number of nitrogens with one attached hydrogen (secondary N) is 1. The van der Waals surface area contributed by atoms with Crippen LogP contribution in [0.3, 0.4) is 0 Å². The third-order valence-corrected chi connectivity index (χ3v) is 3.37. The molecule has 1 aromatic carbocycles. The van der Waals surface area contributed by atoms with Crippen LogP contribution < -0.4 is 11.3 Å².